The Labute approximate surface area is 254 Å². The quantitative estimate of drug-likeness (QED) is 0.279. The molecule has 10 nitrogen and oxygen atoms in total. The first-order valence-corrected chi connectivity index (χ1v) is 15.7. The first-order chi connectivity index (χ1) is 20.6. The van der Waals surface area contributed by atoms with Gasteiger partial charge in [-0.2, -0.15) is 15.3 Å². The molecule has 0 saturated carbocycles. The number of nitrogens with zero attached hydrogens (tertiary/aromatic N) is 7. The topological polar surface area (TPSA) is 132 Å². The molecule has 0 bridgehead atoms. The van der Waals surface area contributed by atoms with Crippen LogP contribution in [0.5, 0.6) is 5.88 Å². The Morgan fingerprint density at radius 3 is 2.81 bits per heavy atom. The number of aryl methyl sites for hydroxylation is 2. The van der Waals surface area contributed by atoms with Crippen LogP contribution in [-0.2, 0) is 25.3 Å². The number of hydrogen-bond acceptors (Lipinski definition) is 10. The monoisotopic (exact) mass is 604 g/mol. The minimum absolute atomic E-state index is 0.0751. The summed E-state index contributed by atoms with van der Waals surface area (Å²) in [5, 5.41) is 19.7. The number of nitriles is 1. The van der Waals surface area contributed by atoms with Crippen molar-refractivity contribution in [1.82, 2.24) is 29.8 Å². The van der Waals surface area contributed by atoms with Gasteiger partial charge < -0.3 is 15.0 Å². The number of hydrogen-bond donors (Lipinski definition) is 1. The predicted molar refractivity (Wildman–Crippen MR) is 163 cm³/mol. The van der Waals surface area contributed by atoms with E-state index in [9.17, 15) is 9.65 Å². The second-order valence-electron chi connectivity index (χ2n) is 12.0. The predicted octanol–water partition coefficient (Wildman–Crippen LogP) is 5.45. The van der Waals surface area contributed by atoms with E-state index in [2.05, 4.69) is 30.2 Å². The molecule has 0 unspecified atom stereocenters. The van der Waals surface area contributed by atoms with Gasteiger partial charge in [-0.05, 0) is 64.6 Å². The molecule has 0 radical (unpaired) electrons. The zero-order valence-corrected chi connectivity index (χ0v) is 26.0. The Balaban J connectivity index is 1.46. The van der Waals surface area contributed by atoms with E-state index in [-0.39, 0.29) is 12.1 Å². The molecule has 0 aromatic carbocycles. The van der Waals surface area contributed by atoms with Gasteiger partial charge in [-0.25, -0.2) is 9.37 Å². The number of thiophene rings is 1. The molecule has 1 aliphatic heterocycles. The highest BCUT2D eigenvalue weighted by atomic mass is 32.1. The number of alkyl halides is 1. The van der Waals surface area contributed by atoms with Crippen molar-refractivity contribution in [3.05, 3.63) is 45.7 Å². The summed E-state index contributed by atoms with van der Waals surface area (Å²) < 4.78 is 28.5. The van der Waals surface area contributed by atoms with E-state index in [0.29, 0.717) is 58.7 Å². The van der Waals surface area contributed by atoms with Gasteiger partial charge in [0, 0.05) is 42.3 Å². The van der Waals surface area contributed by atoms with Gasteiger partial charge in [0.25, 0.3) is 0 Å². The zero-order valence-electron chi connectivity index (χ0n) is 25.2. The van der Waals surface area contributed by atoms with Crippen LogP contribution in [0.1, 0.15) is 73.8 Å². The van der Waals surface area contributed by atoms with Crippen molar-refractivity contribution in [1.29, 1.82) is 5.26 Å². The van der Waals surface area contributed by atoms with E-state index in [0.717, 1.165) is 47.4 Å². The lowest BCUT2D eigenvalue weighted by Crippen LogP contribution is -2.38. The van der Waals surface area contributed by atoms with Crippen molar-refractivity contribution in [3.63, 3.8) is 0 Å². The van der Waals surface area contributed by atoms with Crippen molar-refractivity contribution in [2.45, 2.75) is 83.0 Å². The van der Waals surface area contributed by atoms with Crippen LogP contribution in [0.2, 0.25) is 0 Å². The first kappa shape index (κ1) is 29.3. The maximum absolute atomic E-state index is 14.2. The molecule has 4 atom stereocenters. The van der Waals surface area contributed by atoms with Crippen molar-refractivity contribution >= 4 is 16.3 Å². The third-order valence-corrected chi connectivity index (χ3v) is 9.91. The molecule has 43 heavy (non-hydrogen) atoms. The summed E-state index contributed by atoms with van der Waals surface area (Å²) in [5.74, 6) is 1.46. The molecule has 1 aliphatic carbocycles. The van der Waals surface area contributed by atoms with Gasteiger partial charge in [0.2, 0.25) is 5.88 Å². The average Bonchev–Trinajstić information content (AvgIpc) is 3.74. The maximum atomic E-state index is 14.2. The molecule has 4 aromatic rings. The lowest BCUT2D eigenvalue weighted by molar-refractivity contribution is 0.117. The van der Waals surface area contributed by atoms with E-state index in [1.807, 2.05) is 38.2 Å². The molecule has 2 N–H and O–H groups in total. The number of aromatic nitrogens is 5. The SMILES string of the molecule is CCCc1c(-c2nc(O[C@@H](C)[C@@H]3C[C@@H](F)CN3C)cc(-c3ccn(C)n3)n2)noc1[C@@]1(C)CCCc2sc(N)c(C#N)c21. The summed E-state index contributed by atoms with van der Waals surface area (Å²) in [6.07, 6.45) is 5.27. The van der Waals surface area contributed by atoms with E-state index < -0.39 is 11.6 Å². The van der Waals surface area contributed by atoms with E-state index in [4.69, 9.17) is 25.0 Å². The third-order valence-electron chi connectivity index (χ3n) is 8.83. The van der Waals surface area contributed by atoms with Crippen LogP contribution in [0.25, 0.3) is 22.9 Å². The number of nitrogen functional groups attached to an aromatic ring is 1. The minimum Gasteiger partial charge on any atom is -0.473 e. The van der Waals surface area contributed by atoms with E-state index in [1.54, 1.807) is 10.7 Å². The fraction of sp³-hybridized carbons (Fsp3) is 0.516. The first-order valence-electron chi connectivity index (χ1n) is 14.8. The van der Waals surface area contributed by atoms with Crippen LogP contribution in [0.4, 0.5) is 9.39 Å². The Morgan fingerprint density at radius 2 is 2.14 bits per heavy atom. The summed E-state index contributed by atoms with van der Waals surface area (Å²) in [4.78, 5) is 12.8. The second kappa shape index (κ2) is 11.4. The van der Waals surface area contributed by atoms with Crippen LogP contribution in [0, 0.1) is 11.3 Å². The minimum atomic E-state index is -0.877. The Kier molecular flexibility index (Phi) is 7.73. The summed E-state index contributed by atoms with van der Waals surface area (Å²) >= 11 is 1.50. The van der Waals surface area contributed by atoms with Crippen molar-refractivity contribution in [2.75, 3.05) is 19.3 Å². The average molecular weight is 605 g/mol. The number of likely N-dealkylation sites (tertiary alicyclic amines) is 1. The summed E-state index contributed by atoms with van der Waals surface area (Å²) in [7, 11) is 3.77. The number of likely N-dealkylation sites (N-methyl/N-ethyl adjacent to an activating group) is 1. The van der Waals surface area contributed by atoms with Gasteiger partial charge in [0.05, 0.1) is 16.7 Å². The summed E-state index contributed by atoms with van der Waals surface area (Å²) in [6, 6.07) is 5.93. The maximum Gasteiger partial charge on any atom is 0.217 e. The van der Waals surface area contributed by atoms with Crippen LogP contribution in [0.15, 0.2) is 22.9 Å². The largest absolute Gasteiger partial charge is 0.473 e. The molecule has 6 rings (SSSR count). The Morgan fingerprint density at radius 1 is 1.33 bits per heavy atom. The van der Waals surface area contributed by atoms with Gasteiger partial charge in [0.1, 0.15) is 29.0 Å². The lowest BCUT2D eigenvalue weighted by Gasteiger charge is -2.33. The van der Waals surface area contributed by atoms with Gasteiger partial charge >= 0.3 is 0 Å². The van der Waals surface area contributed by atoms with Gasteiger partial charge in [-0.1, -0.05) is 18.5 Å². The van der Waals surface area contributed by atoms with E-state index in [1.165, 1.54) is 11.3 Å². The highest BCUT2D eigenvalue weighted by molar-refractivity contribution is 7.16. The number of halogens is 1. The van der Waals surface area contributed by atoms with Crippen LogP contribution < -0.4 is 10.5 Å². The number of anilines is 1. The molecule has 1 saturated heterocycles. The smallest absolute Gasteiger partial charge is 0.217 e. The number of nitrogens with two attached hydrogens (primary N) is 1. The van der Waals surface area contributed by atoms with Crippen molar-refractivity contribution in [2.24, 2.45) is 7.05 Å². The van der Waals surface area contributed by atoms with Crippen LogP contribution >= 0.6 is 11.3 Å². The van der Waals surface area contributed by atoms with Gasteiger partial charge in [-0.15, -0.1) is 11.3 Å². The summed E-state index contributed by atoms with van der Waals surface area (Å²) in [6.45, 7) is 6.56. The highest BCUT2D eigenvalue weighted by Gasteiger charge is 2.44. The summed E-state index contributed by atoms with van der Waals surface area (Å²) in [5.41, 5.74) is 9.95. The standard InChI is InChI=1S/C31H37FN8O2S/c1-6-8-19-27(38-42-28(19)31(3)11-7-9-24-26(31)20(15-33)29(34)43-24)30-35-22(21-10-12-40(5)37-21)14-25(36-30)41-17(2)23-13-18(32)16-39(23)4/h10,12,14,17-18,23H,6-9,11,13,16,34H2,1-5H3/t17-,18+,23-,31-/m0/s1. The molecule has 1 fully saturated rings. The van der Waals surface area contributed by atoms with Gasteiger partial charge in [0.15, 0.2) is 17.3 Å². The molecule has 0 amide bonds. The number of ether oxygens (including phenoxy) is 1. The van der Waals surface area contributed by atoms with Crippen molar-refractivity contribution in [3.8, 4) is 34.9 Å². The molecule has 12 heteroatoms. The molecule has 226 valence electrons. The fourth-order valence-electron chi connectivity index (χ4n) is 6.78. The van der Waals surface area contributed by atoms with Crippen molar-refractivity contribution < 1.29 is 13.7 Å². The second-order valence-corrected chi connectivity index (χ2v) is 13.1. The number of rotatable bonds is 8. The Bertz CT molecular complexity index is 1690. The fourth-order valence-corrected chi connectivity index (χ4v) is 7.97. The van der Waals surface area contributed by atoms with Gasteiger partial charge in [-0.3, -0.25) is 9.58 Å². The lowest BCUT2D eigenvalue weighted by atomic mass is 9.69. The van der Waals surface area contributed by atoms with Crippen LogP contribution in [0.3, 0.4) is 0 Å². The zero-order chi connectivity index (χ0) is 30.5. The van der Waals surface area contributed by atoms with Crippen LogP contribution in [-0.4, -0.2) is 61.7 Å². The third kappa shape index (κ3) is 5.18. The molecule has 5 heterocycles. The number of fused-ring (bicyclic) bond motifs is 1. The Hall–Kier alpha value is -3.82. The van der Waals surface area contributed by atoms with E-state index >= 15 is 0 Å². The molecule has 0 spiro atoms. The molecule has 2 aliphatic rings. The normalized spacial score (nSPS) is 22.8. The molecular weight excluding hydrogens is 567 g/mol. The molecular formula is C31H37FN8O2S. The molecule has 4 aromatic heterocycles. The highest BCUT2D eigenvalue weighted by Crippen LogP contribution is 2.50.